The lowest BCUT2D eigenvalue weighted by atomic mass is 10.2. The summed E-state index contributed by atoms with van der Waals surface area (Å²) in [6.45, 7) is 0. The van der Waals surface area contributed by atoms with Crippen LogP contribution in [-0.4, -0.2) is 13.0 Å². The molecule has 2 aromatic carbocycles. The van der Waals surface area contributed by atoms with Crippen molar-refractivity contribution in [1.82, 2.24) is 0 Å². The summed E-state index contributed by atoms with van der Waals surface area (Å²) in [5, 5.41) is 2.49. The van der Waals surface area contributed by atoms with Crippen LogP contribution in [0.5, 0.6) is 5.75 Å². The van der Waals surface area contributed by atoms with Crippen molar-refractivity contribution in [1.29, 1.82) is 0 Å². The molecule has 104 valence electrons. The number of amides is 1. The number of carbonyl (C=O) groups excluding carboxylic acids is 1. The first-order valence-electron chi connectivity index (χ1n) is 5.62. The first-order chi connectivity index (χ1) is 9.52. The highest BCUT2D eigenvalue weighted by molar-refractivity contribution is 9.10. The fourth-order valence-corrected chi connectivity index (χ4v) is 2.16. The Morgan fingerprint density at radius 2 is 2.00 bits per heavy atom. The molecule has 0 aromatic heterocycles. The topological polar surface area (TPSA) is 38.3 Å². The van der Waals surface area contributed by atoms with Crippen LogP contribution < -0.4 is 10.1 Å². The molecule has 0 saturated carbocycles. The molecule has 0 atom stereocenters. The van der Waals surface area contributed by atoms with Crippen molar-refractivity contribution < 1.29 is 18.3 Å². The predicted octanol–water partition coefficient (Wildman–Crippen LogP) is 3.99. The Morgan fingerprint density at radius 1 is 1.25 bits per heavy atom. The van der Waals surface area contributed by atoms with Crippen LogP contribution in [0.1, 0.15) is 10.4 Å². The molecule has 1 amide bonds. The standard InChI is InChI=1S/C14H10BrF2NO2/c1-20-12-6-5-8(7-10(12)15)18-14(19)9-3-2-4-11(16)13(9)17/h2-7H,1H3,(H,18,19). The van der Waals surface area contributed by atoms with Gasteiger partial charge in [0.25, 0.3) is 5.91 Å². The third-order valence-corrected chi connectivity index (χ3v) is 3.23. The number of ether oxygens (including phenoxy) is 1. The van der Waals surface area contributed by atoms with E-state index in [-0.39, 0.29) is 5.56 Å². The molecule has 0 fully saturated rings. The van der Waals surface area contributed by atoms with Crippen LogP contribution in [0, 0.1) is 11.6 Å². The second-order valence-corrected chi connectivity index (χ2v) is 4.76. The highest BCUT2D eigenvalue weighted by atomic mass is 79.9. The average molecular weight is 342 g/mol. The SMILES string of the molecule is COc1ccc(NC(=O)c2cccc(F)c2F)cc1Br. The van der Waals surface area contributed by atoms with E-state index in [2.05, 4.69) is 21.2 Å². The van der Waals surface area contributed by atoms with Crippen LogP contribution in [-0.2, 0) is 0 Å². The number of benzene rings is 2. The van der Waals surface area contributed by atoms with Gasteiger partial charge < -0.3 is 10.1 Å². The smallest absolute Gasteiger partial charge is 0.258 e. The van der Waals surface area contributed by atoms with E-state index in [0.717, 1.165) is 6.07 Å². The number of methoxy groups -OCH3 is 1. The molecule has 0 spiro atoms. The lowest BCUT2D eigenvalue weighted by molar-refractivity contribution is 0.102. The Labute approximate surface area is 122 Å². The Kier molecular flexibility index (Phi) is 4.34. The van der Waals surface area contributed by atoms with Gasteiger partial charge in [-0.05, 0) is 46.3 Å². The molecule has 6 heteroatoms. The Morgan fingerprint density at radius 3 is 2.65 bits per heavy atom. The first-order valence-corrected chi connectivity index (χ1v) is 6.41. The van der Waals surface area contributed by atoms with Gasteiger partial charge in [0, 0.05) is 5.69 Å². The molecule has 0 aliphatic heterocycles. The molecule has 0 radical (unpaired) electrons. The molecule has 0 bridgehead atoms. The minimum Gasteiger partial charge on any atom is -0.496 e. The number of hydrogen-bond donors (Lipinski definition) is 1. The number of nitrogens with one attached hydrogen (secondary N) is 1. The van der Waals surface area contributed by atoms with Crippen molar-refractivity contribution in [3.05, 3.63) is 58.1 Å². The minimum atomic E-state index is -1.17. The Bertz CT molecular complexity index is 662. The van der Waals surface area contributed by atoms with Crippen molar-refractivity contribution in [3.8, 4) is 5.75 Å². The normalized spacial score (nSPS) is 10.2. The van der Waals surface area contributed by atoms with Gasteiger partial charge in [-0.3, -0.25) is 4.79 Å². The lowest BCUT2D eigenvalue weighted by Crippen LogP contribution is -2.14. The number of anilines is 1. The molecular formula is C14H10BrF2NO2. The molecule has 2 aromatic rings. The summed E-state index contributed by atoms with van der Waals surface area (Å²) in [5.41, 5.74) is 0.0864. The number of rotatable bonds is 3. The van der Waals surface area contributed by atoms with Crippen molar-refractivity contribution in [3.63, 3.8) is 0 Å². The van der Waals surface area contributed by atoms with E-state index in [0.29, 0.717) is 15.9 Å². The molecule has 0 heterocycles. The molecular weight excluding hydrogens is 332 g/mol. The summed E-state index contributed by atoms with van der Waals surface area (Å²) in [5.74, 6) is -2.36. The van der Waals surface area contributed by atoms with Crippen molar-refractivity contribution in [2.75, 3.05) is 12.4 Å². The third kappa shape index (κ3) is 2.96. The highest BCUT2D eigenvalue weighted by Crippen LogP contribution is 2.28. The summed E-state index contributed by atoms with van der Waals surface area (Å²) in [6, 6.07) is 8.29. The Hall–Kier alpha value is -1.95. The zero-order valence-electron chi connectivity index (χ0n) is 10.4. The summed E-state index contributed by atoms with van der Waals surface area (Å²) >= 11 is 3.27. The van der Waals surface area contributed by atoms with Gasteiger partial charge in [-0.1, -0.05) is 6.07 Å². The van der Waals surface area contributed by atoms with E-state index in [9.17, 15) is 13.6 Å². The Balaban J connectivity index is 2.24. The van der Waals surface area contributed by atoms with Gasteiger partial charge >= 0.3 is 0 Å². The highest BCUT2D eigenvalue weighted by Gasteiger charge is 2.15. The van der Waals surface area contributed by atoms with E-state index >= 15 is 0 Å². The number of carbonyl (C=O) groups is 1. The molecule has 2 rings (SSSR count). The van der Waals surface area contributed by atoms with Gasteiger partial charge in [0.15, 0.2) is 11.6 Å². The van der Waals surface area contributed by atoms with Crippen LogP contribution >= 0.6 is 15.9 Å². The molecule has 0 saturated heterocycles. The zero-order valence-corrected chi connectivity index (χ0v) is 12.0. The van der Waals surface area contributed by atoms with Crippen molar-refractivity contribution in [2.45, 2.75) is 0 Å². The van der Waals surface area contributed by atoms with E-state index in [1.54, 1.807) is 18.2 Å². The van der Waals surface area contributed by atoms with E-state index in [4.69, 9.17) is 4.74 Å². The van der Waals surface area contributed by atoms with Crippen LogP contribution in [0.2, 0.25) is 0 Å². The fourth-order valence-electron chi connectivity index (χ4n) is 1.62. The quantitative estimate of drug-likeness (QED) is 0.916. The van der Waals surface area contributed by atoms with E-state index < -0.39 is 17.5 Å². The molecule has 0 aliphatic rings. The monoisotopic (exact) mass is 341 g/mol. The van der Waals surface area contributed by atoms with Crippen LogP contribution in [0.3, 0.4) is 0 Å². The van der Waals surface area contributed by atoms with Gasteiger partial charge in [0.2, 0.25) is 0 Å². The van der Waals surface area contributed by atoms with Crippen molar-refractivity contribution >= 4 is 27.5 Å². The first kappa shape index (κ1) is 14.5. The van der Waals surface area contributed by atoms with Gasteiger partial charge in [0.1, 0.15) is 5.75 Å². The maximum Gasteiger partial charge on any atom is 0.258 e. The second kappa shape index (κ2) is 6.00. The summed E-state index contributed by atoms with van der Waals surface area (Å²) in [4.78, 5) is 11.9. The van der Waals surface area contributed by atoms with Gasteiger partial charge in [-0.25, -0.2) is 8.78 Å². The van der Waals surface area contributed by atoms with Crippen LogP contribution in [0.4, 0.5) is 14.5 Å². The lowest BCUT2D eigenvalue weighted by Gasteiger charge is -2.09. The zero-order chi connectivity index (χ0) is 14.7. The summed E-state index contributed by atoms with van der Waals surface area (Å²) in [6.07, 6.45) is 0. The summed E-state index contributed by atoms with van der Waals surface area (Å²) in [7, 11) is 1.51. The predicted molar refractivity (Wildman–Crippen MR) is 75.0 cm³/mol. The molecule has 0 unspecified atom stereocenters. The maximum atomic E-state index is 13.5. The fraction of sp³-hybridized carbons (Fsp3) is 0.0714. The van der Waals surface area contributed by atoms with Gasteiger partial charge in [0.05, 0.1) is 17.1 Å². The van der Waals surface area contributed by atoms with Crippen molar-refractivity contribution in [2.24, 2.45) is 0 Å². The van der Waals surface area contributed by atoms with Gasteiger partial charge in [-0.15, -0.1) is 0 Å². The third-order valence-electron chi connectivity index (χ3n) is 2.61. The number of hydrogen-bond acceptors (Lipinski definition) is 2. The average Bonchev–Trinajstić information content (AvgIpc) is 2.42. The van der Waals surface area contributed by atoms with Crippen LogP contribution in [0.15, 0.2) is 40.9 Å². The number of halogens is 3. The second-order valence-electron chi connectivity index (χ2n) is 3.90. The molecule has 0 aliphatic carbocycles. The maximum absolute atomic E-state index is 13.5. The van der Waals surface area contributed by atoms with E-state index in [1.807, 2.05) is 0 Å². The minimum absolute atomic E-state index is 0.350. The summed E-state index contributed by atoms with van der Waals surface area (Å²) < 4.78 is 32.2. The molecule has 20 heavy (non-hydrogen) atoms. The molecule has 3 nitrogen and oxygen atoms in total. The van der Waals surface area contributed by atoms with Crippen LogP contribution in [0.25, 0.3) is 0 Å². The van der Waals surface area contributed by atoms with Gasteiger partial charge in [-0.2, -0.15) is 0 Å². The molecule has 1 N–H and O–H groups in total. The van der Waals surface area contributed by atoms with E-state index in [1.165, 1.54) is 19.2 Å². The largest absolute Gasteiger partial charge is 0.496 e.